The van der Waals surface area contributed by atoms with E-state index >= 15 is 0 Å². The number of nitrogens with zero attached hydrogens (tertiary/aromatic N) is 1. The van der Waals surface area contributed by atoms with E-state index in [1.807, 2.05) is 0 Å². The number of aromatic nitrogens is 2. The molecule has 1 atom stereocenters. The zero-order valence-corrected chi connectivity index (χ0v) is 16.2. The predicted octanol–water partition coefficient (Wildman–Crippen LogP) is 4.29. The summed E-state index contributed by atoms with van der Waals surface area (Å²) in [6.45, 7) is 10.1. The van der Waals surface area contributed by atoms with Gasteiger partial charge in [0.25, 0.3) is 0 Å². The molecule has 0 bridgehead atoms. The molecule has 0 radical (unpaired) electrons. The summed E-state index contributed by atoms with van der Waals surface area (Å²) < 4.78 is 0. The summed E-state index contributed by atoms with van der Waals surface area (Å²) in [7, 11) is -1.33. The molecule has 2 N–H and O–H groups in total. The third-order valence-electron chi connectivity index (χ3n) is 4.28. The Hall–Kier alpha value is -1.83. The van der Waals surface area contributed by atoms with Gasteiger partial charge in [-0.3, -0.25) is 0 Å². The average Bonchev–Trinajstić information content (AvgIpc) is 3.21. The van der Waals surface area contributed by atoms with Crippen molar-refractivity contribution < 1.29 is 0 Å². The van der Waals surface area contributed by atoms with Crippen LogP contribution < -0.4 is 5.32 Å². The van der Waals surface area contributed by atoms with Gasteiger partial charge in [-0.05, 0) is 37.9 Å². The number of hydrogen-bond donors (Lipinski definition) is 2. The molecule has 0 aliphatic carbocycles. The summed E-state index contributed by atoms with van der Waals surface area (Å²) >= 11 is 0. The maximum absolute atomic E-state index is 4.90. The summed E-state index contributed by atoms with van der Waals surface area (Å²) in [6.07, 6.45) is 3.36. The average molecular weight is 338 g/mol. The zero-order valence-electron chi connectivity index (χ0n) is 15.2. The molecule has 3 nitrogen and oxygen atoms in total. The van der Waals surface area contributed by atoms with Gasteiger partial charge >= 0.3 is 0 Å². The second-order valence-corrected chi connectivity index (χ2v) is 12.3. The molecule has 1 aliphatic rings. The minimum absolute atomic E-state index is 0.380. The van der Waals surface area contributed by atoms with E-state index in [9.17, 15) is 0 Å². The molecule has 3 rings (SSSR count). The molecule has 0 unspecified atom stereocenters. The highest BCUT2D eigenvalue weighted by atomic mass is 28.3. The lowest BCUT2D eigenvalue weighted by atomic mass is 10.1. The van der Waals surface area contributed by atoms with Crippen molar-refractivity contribution in [3.05, 3.63) is 41.3 Å². The molecular formula is C20H27N3Si. The maximum Gasteiger partial charge on any atom is 0.129 e. The summed E-state index contributed by atoms with van der Waals surface area (Å²) in [6, 6.07) is 8.91. The third-order valence-corrected chi connectivity index (χ3v) is 5.16. The Morgan fingerprint density at radius 3 is 2.54 bits per heavy atom. The number of H-pyrrole nitrogens is 1. The Morgan fingerprint density at radius 2 is 1.96 bits per heavy atom. The number of benzene rings is 1. The SMILES string of the molecule is CCc1[nH]c([C@@H]2CCCN2)nc1-c1ccc(C#C[Si](C)(C)C)cc1. The van der Waals surface area contributed by atoms with E-state index in [0.29, 0.717) is 6.04 Å². The Balaban J connectivity index is 1.86. The third kappa shape index (κ3) is 3.98. The molecule has 1 fully saturated rings. The van der Waals surface area contributed by atoms with E-state index in [1.54, 1.807) is 0 Å². The van der Waals surface area contributed by atoms with Crippen LogP contribution in [-0.4, -0.2) is 24.6 Å². The fourth-order valence-electron chi connectivity index (χ4n) is 2.98. The first-order valence-electron chi connectivity index (χ1n) is 8.92. The first-order valence-corrected chi connectivity index (χ1v) is 12.4. The van der Waals surface area contributed by atoms with Gasteiger partial charge in [0.1, 0.15) is 13.9 Å². The van der Waals surface area contributed by atoms with E-state index in [2.05, 4.69) is 72.6 Å². The van der Waals surface area contributed by atoms with Crippen molar-refractivity contribution in [3.63, 3.8) is 0 Å². The first-order chi connectivity index (χ1) is 11.5. The van der Waals surface area contributed by atoms with Crippen LogP contribution in [0.3, 0.4) is 0 Å². The Bertz CT molecular complexity index is 751. The molecule has 126 valence electrons. The van der Waals surface area contributed by atoms with Gasteiger partial charge in [0.15, 0.2) is 0 Å². The van der Waals surface area contributed by atoms with Crippen molar-refractivity contribution in [3.8, 4) is 22.7 Å². The smallest absolute Gasteiger partial charge is 0.129 e. The van der Waals surface area contributed by atoms with Gasteiger partial charge in [0.05, 0.1) is 11.7 Å². The van der Waals surface area contributed by atoms with Crippen LogP contribution in [0.25, 0.3) is 11.3 Å². The summed E-state index contributed by atoms with van der Waals surface area (Å²) in [5.74, 6) is 4.40. The van der Waals surface area contributed by atoms with Crippen LogP contribution in [0.5, 0.6) is 0 Å². The molecule has 4 heteroatoms. The molecule has 2 aromatic rings. The van der Waals surface area contributed by atoms with Crippen molar-refractivity contribution in [2.45, 2.75) is 51.9 Å². The highest BCUT2D eigenvalue weighted by Gasteiger charge is 2.21. The molecule has 0 saturated carbocycles. The highest BCUT2D eigenvalue weighted by molar-refractivity contribution is 6.83. The van der Waals surface area contributed by atoms with Crippen molar-refractivity contribution in [1.29, 1.82) is 0 Å². The van der Waals surface area contributed by atoms with Gasteiger partial charge in [-0.25, -0.2) is 4.98 Å². The number of imidazole rings is 1. The molecule has 24 heavy (non-hydrogen) atoms. The minimum atomic E-state index is -1.33. The molecule has 0 amide bonds. The van der Waals surface area contributed by atoms with Crippen LogP contribution in [-0.2, 0) is 6.42 Å². The zero-order chi connectivity index (χ0) is 17.2. The van der Waals surface area contributed by atoms with Crippen LogP contribution >= 0.6 is 0 Å². The fraction of sp³-hybridized carbons (Fsp3) is 0.450. The van der Waals surface area contributed by atoms with Gasteiger partial charge in [-0.15, -0.1) is 5.54 Å². The maximum atomic E-state index is 4.90. The first kappa shape index (κ1) is 17.0. The Kier molecular flexibility index (Phi) is 4.93. The summed E-state index contributed by atoms with van der Waals surface area (Å²) in [5, 5.41) is 3.52. The number of aromatic amines is 1. The lowest BCUT2D eigenvalue weighted by molar-refractivity contribution is 0.611. The Morgan fingerprint density at radius 1 is 1.21 bits per heavy atom. The predicted molar refractivity (Wildman–Crippen MR) is 104 cm³/mol. The number of rotatable bonds is 3. The van der Waals surface area contributed by atoms with E-state index in [-0.39, 0.29) is 0 Å². The molecule has 1 aromatic carbocycles. The molecule has 1 aliphatic heterocycles. The molecule has 0 spiro atoms. The number of nitrogens with one attached hydrogen (secondary N) is 2. The topological polar surface area (TPSA) is 40.7 Å². The highest BCUT2D eigenvalue weighted by Crippen LogP contribution is 2.27. The summed E-state index contributed by atoms with van der Waals surface area (Å²) in [5.41, 5.74) is 7.99. The lowest BCUT2D eigenvalue weighted by Crippen LogP contribution is -2.16. The van der Waals surface area contributed by atoms with Crippen LogP contribution in [0.1, 0.15) is 42.9 Å². The van der Waals surface area contributed by atoms with Crippen molar-refractivity contribution >= 4 is 8.07 Å². The second-order valence-electron chi connectivity index (χ2n) is 7.53. The van der Waals surface area contributed by atoms with Crippen molar-refractivity contribution in [2.75, 3.05) is 6.54 Å². The van der Waals surface area contributed by atoms with Gasteiger partial charge in [-0.1, -0.05) is 44.6 Å². The normalized spacial score (nSPS) is 17.6. The van der Waals surface area contributed by atoms with E-state index in [1.165, 1.54) is 24.1 Å². The Labute approximate surface area is 146 Å². The standard InChI is InChI=1S/C20H27N3Si/c1-5-17-19(23-20(22-17)18-7-6-13-21-18)16-10-8-15(9-11-16)12-14-24(2,3)4/h8-11,18,21H,5-7,13H2,1-4H3,(H,22,23)/t18-/m0/s1. The van der Waals surface area contributed by atoms with Gasteiger partial charge in [0.2, 0.25) is 0 Å². The molecule has 1 aromatic heterocycles. The quantitative estimate of drug-likeness (QED) is 0.648. The summed E-state index contributed by atoms with van der Waals surface area (Å²) in [4.78, 5) is 8.44. The van der Waals surface area contributed by atoms with E-state index < -0.39 is 8.07 Å². The van der Waals surface area contributed by atoms with Crippen molar-refractivity contribution in [2.24, 2.45) is 0 Å². The van der Waals surface area contributed by atoms with Crippen LogP contribution in [0, 0.1) is 11.5 Å². The monoisotopic (exact) mass is 337 g/mol. The molecule has 1 saturated heterocycles. The van der Waals surface area contributed by atoms with Crippen molar-refractivity contribution in [1.82, 2.24) is 15.3 Å². The van der Waals surface area contributed by atoms with Gasteiger partial charge in [-0.2, -0.15) is 0 Å². The van der Waals surface area contributed by atoms with Crippen LogP contribution in [0.2, 0.25) is 19.6 Å². The van der Waals surface area contributed by atoms with Gasteiger partial charge in [0, 0.05) is 16.8 Å². The number of hydrogen-bond acceptors (Lipinski definition) is 2. The lowest BCUT2D eigenvalue weighted by Gasteiger charge is -2.05. The minimum Gasteiger partial charge on any atom is -0.344 e. The number of aryl methyl sites for hydroxylation is 1. The fourth-order valence-corrected chi connectivity index (χ4v) is 3.50. The second kappa shape index (κ2) is 6.96. The van der Waals surface area contributed by atoms with E-state index in [0.717, 1.165) is 30.0 Å². The molecular weight excluding hydrogens is 310 g/mol. The van der Waals surface area contributed by atoms with Crippen LogP contribution in [0.15, 0.2) is 24.3 Å². The van der Waals surface area contributed by atoms with E-state index in [4.69, 9.17) is 4.98 Å². The van der Waals surface area contributed by atoms with Gasteiger partial charge < -0.3 is 10.3 Å². The van der Waals surface area contributed by atoms with Crippen LogP contribution in [0.4, 0.5) is 0 Å². The molecule has 2 heterocycles. The largest absolute Gasteiger partial charge is 0.344 e.